The highest BCUT2D eigenvalue weighted by Gasteiger charge is 2.25. The highest BCUT2D eigenvalue weighted by atomic mass is 19.2. The van der Waals surface area contributed by atoms with E-state index in [1.807, 2.05) is 0 Å². The molecule has 0 aromatic heterocycles. The van der Waals surface area contributed by atoms with Crippen molar-refractivity contribution in [2.45, 2.75) is 13.8 Å². The minimum atomic E-state index is -1.08. The summed E-state index contributed by atoms with van der Waals surface area (Å²) in [5, 5.41) is 0. The third-order valence-corrected chi connectivity index (χ3v) is 3.97. The Morgan fingerprint density at radius 3 is 2.08 bits per heavy atom. The fourth-order valence-electron chi connectivity index (χ4n) is 2.54. The third kappa shape index (κ3) is 4.06. The molecule has 6 nitrogen and oxygen atoms in total. The van der Waals surface area contributed by atoms with E-state index in [0.717, 1.165) is 17.0 Å². The molecule has 0 saturated carbocycles. The summed E-state index contributed by atoms with van der Waals surface area (Å²) in [7, 11) is 0. The van der Waals surface area contributed by atoms with E-state index < -0.39 is 17.5 Å². The smallest absolute Gasteiger partial charge is 0.242 e. The normalized spacial score (nSPS) is 14.5. The predicted molar refractivity (Wildman–Crippen MR) is 83.2 cm³/mol. The number of carbonyl (C=O) groups is 3. The Labute approximate surface area is 138 Å². The largest absolute Gasteiger partial charge is 0.339 e. The van der Waals surface area contributed by atoms with Crippen LogP contribution in [0.4, 0.5) is 14.5 Å². The number of nitrogens with zero attached hydrogens (tertiary/aromatic N) is 3. The molecule has 1 heterocycles. The van der Waals surface area contributed by atoms with Crippen molar-refractivity contribution in [3.05, 3.63) is 29.8 Å². The topological polar surface area (TPSA) is 60.9 Å². The van der Waals surface area contributed by atoms with E-state index in [9.17, 15) is 23.2 Å². The number of rotatable bonds is 3. The van der Waals surface area contributed by atoms with Crippen molar-refractivity contribution >= 4 is 23.4 Å². The molecule has 2 rings (SSSR count). The van der Waals surface area contributed by atoms with Gasteiger partial charge in [-0.2, -0.15) is 0 Å². The van der Waals surface area contributed by atoms with Crippen molar-refractivity contribution in [2.75, 3.05) is 37.6 Å². The average molecular weight is 339 g/mol. The molecule has 1 aliphatic heterocycles. The van der Waals surface area contributed by atoms with Crippen LogP contribution >= 0.6 is 0 Å². The van der Waals surface area contributed by atoms with E-state index in [-0.39, 0.29) is 24.0 Å². The summed E-state index contributed by atoms with van der Waals surface area (Å²) in [6.07, 6.45) is 0. The van der Waals surface area contributed by atoms with Gasteiger partial charge in [0.05, 0.1) is 0 Å². The summed E-state index contributed by atoms with van der Waals surface area (Å²) < 4.78 is 26.4. The summed E-state index contributed by atoms with van der Waals surface area (Å²) in [6, 6.07) is 3.05. The quantitative estimate of drug-likeness (QED) is 0.826. The molecule has 0 N–H and O–H groups in total. The second kappa shape index (κ2) is 7.37. The van der Waals surface area contributed by atoms with E-state index in [0.29, 0.717) is 26.2 Å². The molecule has 3 amide bonds. The van der Waals surface area contributed by atoms with Crippen LogP contribution in [-0.4, -0.2) is 60.2 Å². The first-order chi connectivity index (χ1) is 11.3. The number of hydrogen-bond acceptors (Lipinski definition) is 3. The molecule has 0 atom stereocenters. The summed E-state index contributed by atoms with van der Waals surface area (Å²) in [5.41, 5.74) is 0.122. The first-order valence-electron chi connectivity index (χ1n) is 7.56. The van der Waals surface area contributed by atoms with Crippen LogP contribution in [0.5, 0.6) is 0 Å². The molecule has 0 spiro atoms. The van der Waals surface area contributed by atoms with E-state index in [1.165, 1.54) is 19.9 Å². The standard InChI is InChI=1S/C16H19F2N3O3/c1-11(22)19-5-7-20(8-6-19)16(24)10-21(12(2)23)13-3-4-14(17)15(18)9-13/h3-4,9H,5-8,10H2,1-2H3. The lowest BCUT2D eigenvalue weighted by Crippen LogP contribution is -2.52. The highest BCUT2D eigenvalue weighted by Crippen LogP contribution is 2.18. The summed E-state index contributed by atoms with van der Waals surface area (Å²) in [6.45, 7) is 4.09. The second-order valence-corrected chi connectivity index (χ2v) is 5.59. The minimum Gasteiger partial charge on any atom is -0.339 e. The Bertz CT molecular complexity index is 658. The molecule has 24 heavy (non-hydrogen) atoms. The van der Waals surface area contributed by atoms with Crippen LogP contribution in [0.1, 0.15) is 13.8 Å². The minimum absolute atomic E-state index is 0.0470. The van der Waals surface area contributed by atoms with Gasteiger partial charge in [0.2, 0.25) is 17.7 Å². The second-order valence-electron chi connectivity index (χ2n) is 5.59. The molecule has 1 aromatic carbocycles. The molecular weight excluding hydrogens is 320 g/mol. The fraction of sp³-hybridized carbons (Fsp3) is 0.438. The predicted octanol–water partition coefficient (Wildman–Crippen LogP) is 1.01. The Balaban J connectivity index is 2.05. The Morgan fingerprint density at radius 2 is 1.58 bits per heavy atom. The third-order valence-electron chi connectivity index (χ3n) is 3.97. The SMILES string of the molecule is CC(=O)N1CCN(C(=O)CN(C(C)=O)c2ccc(F)c(F)c2)CC1. The zero-order valence-electron chi connectivity index (χ0n) is 13.6. The Morgan fingerprint density at radius 1 is 1.00 bits per heavy atom. The lowest BCUT2D eigenvalue weighted by Gasteiger charge is -2.35. The van der Waals surface area contributed by atoms with Gasteiger partial charge < -0.3 is 14.7 Å². The van der Waals surface area contributed by atoms with Crippen molar-refractivity contribution in [2.24, 2.45) is 0 Å². The first kappa shape index (κ1) is 17.8. The molecule has 1 fully saturated rings. The van der Waals surface area contributed by atoms with Gasteiger partial charge in [-0.25, -0.2) is 8.78 Å². The molecule has 130 valence electrons. The average Bonchev–Trinajstić information content (AvgIpc) is 2.55. The van der Waals surface area contributed by atoms with Gasteiger partial charge in [0.1, 0.15) is 6.54 Å². The number of halogens is 2. The van der Waals surface area contributed by atoms with Crippen LogP contribution in [0, 0.1) is 11.6 Å². The van der Waals surface area contributed by atoms with Crippen LogP contribution in [0.15, 0.2) is 18.2 Å². The Kier molecular flexibility index (Phi) is 5.48. The van der Waals surface area contributed by atoms with Crippen LogP contribution in [0.2, 0.25) is 0 Å². The molecule has 0 radical (unpaired) electrons. The molecular formula is C16H19F2N3O3. The van der Waals surface area contributed by atoms with Crippen molar-refractivity contribution < 1.29 is 23.2 Å². The molecule has 1 saturated heterocycles. The van der Waals surface area contributed by atoms with E-state index in [2.05, 4.69) is 0 Å². The van der Waals surface area contributed by atoms with E-state index in [4.69, 9.17) is 0 Å². The molecule has 1 aromatic rings. The zero-order valence-corrected chi connectivity index (χ0v) is 13.6. The summed E-state index contributed by atoms with van der Waals surface area (Å²) in [5.74, 6) is -2.90. The number of amides is 3. The lowest BCUT2D eigenvalue weighted by atomic mass is 10.2. The molecule has 0 unspecified atom stereocenters. The molecule has 0 bridgehead atoms. The number of carbonyl (C=O) groups excluding carboxylic acids is 3. The van der Waals surface area contributed by atoms with Crippen molar-refractivity contribution in [1.82, 2.24) is 9.80 Å². The van der Waals surface area contributed by atoms with Gasteiger partial charge in [0.25, 0.3) is 0 Å². The van der Waals surface area contributed by atoms with Crippen LogP contribution in [0.25, 0.3) is 0 Å². The van der Waals surface area contributed by atoms with Gasteiger partial charge in [0.15, 0.2) is 11.6 Å². The highest BCUT2D eigenvalue weighted by molar-refractivity contribution is 5.97. The number of anilines is 1. The van der Waals surface area contributed by atoms with Gasteiger partial charge in [-0.05, 0) is 12.1 Å². The maximum Gasteiger partial charge on any atom is 0.242 e. The summed E-state index contributed by atoms with van der Waals surface area (Å²) in [4.78, 5) is 39.7. The van der Waals surface area contributed by atoms with Gasteiger partial charge in [-0.3, -0.25) is 14.4 Å². The Hall–Kier alpha value is -2.51. The van der Waals surface area contributed by atoms with Crippen molar-refractivity contribution in [3.8, 4) is 0 Å². The lowest BCUT2D eigenvalue weighted by molar-refractivity contribution is -0.137. The van der Waals surface area contributed by atoms with Gasteiger partial charge in [0, 0.05) is 51.8 Å². The van der Waals surface area contributed by atoms with Crippen molar-refractivity contribution in [1.29, 1.82) is 0 Å². The van der Waals surface area contributed by atoms with Gasteiger partial charge in [-0.1, -0.05) is 0 Å². The van der Waals surface area contributed by atoms with Crippen LogP contribution in [0.3, 0.4) is 0 Å². The molecule has 8 heteroatoms. The fourth-order valence-corrected chi connectivity index (χ4v) is 2.54. The zero-order chi connectivity index (χ0) is 17.9. The number of benzene rings is 1. The molecule has 0 aliphatic carbocycles. The summed E-state index contributed by atoms with van der Waals surface area (Å²) >= 11 is 0. The van der Waals surface area contributed by atoms with Gasteiger partial charge in [-0.15, -0.1) is 0 Å². The van der Waals surface area contributed by atoms with E-state index in [1.54, 1.807) is 9.80 Å². The van der Waals surface area contributed by atoms with Gasteiger partial charge >= 0.3 is 0 Å². The molecule has 1 aliphatic rings. The van der Waals surface area contributed by atoms with Crippen molar-refractivity contribution in [3.63, 3.8) is 0 Å². The first-order valence-corrected chi connectivity index (χ1v) is 7.56. The maximum atomic E-state index is 13.4. The maximum absolute atomic E-state index is 13.4. The number of hydrogen-bond donors (Lipinski definition) is 0. The number of piperazine rings is 1. The van der Waals surface area contributed by atoms with Crippen LogP contribution < -0.4 is 4.90 Å². The van der Waals surface area contributed by atoms with Crippen LogP contribution in [-0.2, 0) is 14.4 Å². The van der Waals surface area contributed by atoms with E-state index >= 15 is 0 Å². The monoisotopic (exact) mass is 339 g/mol.